The number of carbonyl (C=O) groups excluding carboxylic acids is 3. The summed E-state index contributed by atoms with van der Waals surface area (Å²) in [5, 5.41) is 9.84. The van der Waals surface area contributed by atoms with Gasteiger partial charge in [0.15, 0.2) is 5.82 Å². The first-order chi connectivity index (χ1) is 38.4. The third-order valence-corrected chi connectivity index (χ3v) is 19.2. The van der Waals surface area contributed by atoms with Gasteiger partial charge in [-0.15, -0.1) is 6.42 Å². The van der Waals surface area contributed by atoms with Gasteiger partial charge in [-0.25, -0.2) is 18.6 Å². The highest BCUT2D eigenvalue weighted by atomic mass is 19.1. The van der Waals surface area contributed by atoms with Crippen molar-refractivity contribution in [3.8, 4) is 29.6 Å². The van der Waals surface area contributed by atoms with Gasteiger partial charge in [0, 0.05) is 80.9 Å². The van der Waals surface area contributed by atoms with Gasteiger partial charge in [-0.1, -0.05) is 37.1 Å². The predicted molar refractivity (Wildman–Crippen MR) is 296 cm³/mol. The second kappa shape index (κ2) is 20.9. The molecule has 5 atom stereocenters. The molecule has 13 rings (SSSR count). The van der Waals surface area contributed by atoms with E-state index in [4.69, 9.17) is 40.7 Å². The van der Waals surface area contributed by atoms with Gasteiger partial charge in [0.1, 0.15) is 36.1 Å². The number of amides is 3. The van der Waals surface area contributed by atoms with Crippen molar-refractivity contribution in [2.75, 3.05) is 75.5 Å². The normalized spacial score (nSPS) is 24.5. The molecule has 18 heteroatoms. The molecule has 6 aromatic rings. The van der Waals surface area contributed by atoms with Gasteiger partial charge < -0.3 is 28.9 Å². The van der Waals surface area contributed by atoms with E-state index in [0.717, 1.165) is 106 Å². The molecule has 412 valence electrons. The molecule has 6 saturated heterocycles. The summed E-state index contributed by atoms with van der Waals surface area (Å²) >= 11 is 0. The fraction of sp³-hybridized carbons (Fsp3) is 0.525. The Balaban J connectivity index is 0.640. The van der Waals surface area contributed by atoms with Gasteiger partial charge in [-0.2, -0.15) is 15.1 Å². The van der Waals surface area contributed by atoms with Gasteiger partial charge in [-0.05, 0) is 131 Å². The van der Waals surface area contributed by atoms with Gasteiger partial charge in [-0.3, -0.25) is 24.5 Å². The average molecular weight is 1080 g/mol. The third kappa shape index (κ3) is 9.28. The van der Waals surface area contributed by atoms with E-state index in [-0.39, 0.29) is 58.3 Å². The summed E-state index contributed by atoms with van der Waals surface area (Å²) < 4.78 is 53.4. The molecule has 0 spiro atoms. The lowest BCUT2D eigenvalue weighted by molar-refractivity contribution is -0.134. The number of hydrogen-bond acceptors (Lipinski definition) is 13. The number of nitrogens with one attached hydrogen (secondary N) is 1. The van der Waals surface area contributed by atoms with E-state index in [1.807, 2.05) is 22.7 Å². The molecule has 0 radical (unpaired) electrons. The lowest BCUT2D eigenvalue weighted by Gasteiger charge is -2.41. The molecule has 7 aliphatic heterocycles. The monoisotopic (exact) mass is 1070 g/mol. The van der Waals surface area contributed by atoms with E-state index in [9.17, 15) is 14.4 Å². The molecule has 3 aromatic carbocycles. The third-order valence-electron chi connectivity index (χ3n) is 19.2. The highest BCUT2D eigenvalue weighted by molar-refractivity contribution is 6.04. The number of halogens is 2. The van der Waals surface area contributed by atoms with Crippen LogP contribution in [0.3, 0.4) is 0 Å². The zero-order chi connectivity index (χ0) is 54.1. The van der Waals surface area contributed by atoms with E-state index >= 15 is 8.78 Å². The van der Waals surface area contributed by atoms with Crippen molar-refractivity contribution in [2.24, 2.45) is 24.8 Å². The molecule has 79 heavy (non-hydrogen) atoms. The number of aromatic nitrogens is 5. The first-order valence-corrected chi connectivity index (χ1v) is 28.7. The largest absolute Gasteiger partial charge is 0.461 e. The molecule has 1 unspecified atom stereocenters. The number of aryl methyl sites for hydroxylation is 2. The van der Waals surface area contributed by atoms with Crippen LogP contribution in [0.15, 0.2) is 48.5 Å². The van der Waals surface area contributed by atoms with Crippen LogP contribution in [0.4, 0.5) is 25.1 Å². The average Bonchev–Trinajstić information content (AvgIpc) is 4.24. The summed E-state index contributed by atoms with van der Waals surface area (Å²) in [5.74, 6) is 2.67. The molecule has 6 fully saturated rings. The molecular weight excluding hydrogens is 1010 g/mol. The van der Waals surface area contributed by atoms with Crippen molar-refractivity contribution >= 4 is 62.0 Å². The Morgan fingerprint density at radius 3 is 2.54 bits per heavy atom. The number of hydrogen-bond donors (Lipinski definition) is 1. The number of imide groups is 1. The van der Waals surface area contributed by atoms with E-state index in [0.29, 0.717) is 116 Å². The highest BCUT2D eigenvalue weighted by Crippen LogP contribution is 2.45. The summed E-state index contributed by atoms with van der Waals surface area (Å²) in [5.41, 5.74) is 3.86. The molecule has 3 aromatic heterocycles. The second-order valence-electron chi connectivity index (χ2n) is 23.4. The van der Waals surface area contributed by atoms with E-state index in [1.165, 1.54) is 6.07 Å². The minimum Gasteiger partial charge on any atom is -0.461 e. The number of nitrogens with zero attached hydrogens (tertiary/aromatic N) is 9. The molecular formula is C61H68F2N10O6. The van der Waals surface area contributed by atoms with Gasteiger partial charge >= 0.3 is 12.1 Å². The first kappa shape index (κ1) is 51.5. The quantitative estimate of drug-likeness (QED) is 0.103. The number of anilines is 2. The lowest BCUT2D eigenvalue weighted by atomic mass is 9.74. The van der Waals surface area contributed by atoms with E-state index in [1.54, 1.807) is 18.2 Å². The lowest BCUT2D eigenvalue weighted by Crippen LogP contribution is -2.48. The summed E-state index contributed by atoms with van der Waals surface area (Å²) in [6.45, 7) is 9.00. The molecule has 1 N–H and O–H groups in total. The van der Waals surface area contributed by atoms with Crippen molar-refractivity contribution in [2.45, 2.75) is 114 Å². The Labute approximate surface area is 458 Å². The van der Waals surface area contributed by atoms with Crippen LogP contribution in [0, 0.1) is 41.7 Å². The van der Waals surface area contributed by atoms with Crippen molar-refractivity contribution < 1.29 is 37.4 Å². The molecule has 0 bridgehead atoms. The van der Waals surface area contributed by atoms with E-state index < -0.39 is 17.6 Å². The Morgan fingerprint density at radius 2 is 1.73 bits per heavy atom. The van der Waals surface area contributed by atoms with Crippen LogP contribution >= 0.6 is 0 Å². The molecule has 3 amide bonds. The Kier molecular flexibility index (Phi) is 13.6. The summed E-state index contributed by atoms with van der Waals surface area (Å²) in [6, 6.07) is 14.9. The van der Waals surface area contributed by atoms with Crippen molar-refractivity contribution in [1.82, 2.24) is 39.8 Å². The zero-order valence-electron chi connectivity index (χ0n) is 45.2. The molecule has 0 aliphatic carbocycles. The van der Waals surface area contributed by atoms with Crippen LogP contribution < -0.4 is 19.9 Å². The summed E-state index contributed by atoms with van der Waals surface area (Å²) in [7, 11) is 1.91. The maximum absolute atomic E-state index is 17.5. The number of likely N-dealkylation sites (tertiary alicyclic amines) is 1. The first-order valence-electron chi connectivity index (χ1n) is 28.7. The Hall–Kier alpha value is -6.97. The van der Waals surface area contributed by atoms with Crippen molar-refractivity contribution in [1.29, 1.82) is 0 Å². The van der Waals surface area contributed by atoms with Gasteiger partial charge in [0.2, 0.25) is 11.8 Å². The second-order valence-corrected chi connectivity index (χ2v) is 23.4. The topological polar surface area (TPSA) is 160 Å². The van der Waals surface area contributed by atoms with Crippen LogP contribution in [0.1, 0.15) is 107 Å². The SMILES string of the molecule is C#Cc1c(F)ccc2cccc(-c3nc4c5c(nc(OC[C@@]67CCCN6[C@H](COC(=O)N6CCC([C@H](C)C8CCN(c9ccc%10c(C%11CCC(=O)NC%11=O)nn(C)c%10c9)CC8)CC6)CC7)nc5c3F)N3CCCOC[C@@H]3CC4)c12. The highest BCUT2D eigenvalue weighted by Gasteiger charge is 2.50. The molecule has 16 nitrogen and oxygen atoms in total. The van der Waals surface area contributed by atoms with Crippen LogP contribution in [-0.4, -0.2) is 136 Å². The fourth-order valence-corrected chi connectivity index (χ4v) is 14.8. The smallest absolute Gasteiger partial charge is 0.409 e. The maximum atomic E-state index is 17.5. The van der Waals surface area contributed by atoms with Crippen molar-refractivity contribution in [3.63, 3.8) is 0 Å². The maximum Gasteiger partial charge on any atom is 0.409 e. The number of pyridine rings is 1. The number of benzene rings is 3. The molecule has 0 saturated carbocycles. The number of fused-ring (bicyclic) bond motifs is 5. The Bertz CT molecular complexity index is 3440. The fourth-order valence-electron chi connectivity index (χ4n) is 14.8. The van der Waals surface area contributed by atoms with Crippen LogP contribution in [0.25, 0.3) is 43.8 Å². The van der Waals surface area contributed by atoms with Crippen LogP contribution in [0.5, 0.6) is 6.01 Å². The predicted octanol–water partition coefficient (Wildman–Crippen LogP) is 8.83. The molecule has 10 heterocycles. The Morgan fingerprint density at radius 1 is 0.911 bits per heavy atom. The van der Waals surface area contributed by atoms with Crippen LogP contribution in [-0.2, 0) is 32.5 Å². The summed E-state index contributed by atoms with van der Waals surface area (Å²) in [6.07, 6.45) is 16.2. The van der Waals surface area contributed by atoms with Crippen LogP contribution in [0.2, 0.25) is 0 Å². The van der Waals surface area contributed by atoms with E-state index in [2.05, 4.69) is 51.1 Å². The summed E-state index contributed by atoms with van der Waals surface area (Å²) in [4.78, 5) is 62.2. The van der Waals surface area contributed by atoms with Gasteiger partial charge in [0.25, 0.3) is 0 Å². The zero-order valence-corrected chi connectivity index (χ0v) is 45.2. The van der Waals surface area contributed by atoms with Gasteiger partial charge in [0.05, 0.1) is 52.0 Å². The number of carbonyl (C=O) groups is 3. The minimum absolute atomic E-state index is 0.00409. The number of piperidine rings is 3. The number of ether oxygens (including phenoxy) is 3. The molecule has 7 aliphatic rings. The number of terminal acetylenes is 1. The minimum atomic E-state index is -0.640. The number of rotatable bonds is 10. The standard InChI is InChI=1S/C61H68F2N10O6/c1-4-43-47(62)15-10-39-8-5-9-45(51(39)43)55-53(63)56-52-48(64-55)16-12-41-33-77-31-7-25-72(41)57(52)67-59(66-56)79-35-61-23-6-26-73(61)42(18-24-61)34-78-60(76)71-29-21-38(22-30-71)36(2)37-19-27-70(28-20-37)40-11-13-44-49(32-40)69(3)68-54(44)46-14-17-50(74)65-58(46)75/h1,5,8-11,13,15,32,36-38,41-42,46H,6-7,12,14,16-31,33-35H2,2-3H3,(H,65,74,75)/t36-,41+,42+,46?,61+/m1/s1. The van der Waals surface area contributed by atoms with Crippen molar-refractivity contribution in [3.05, 3.63) is 77.1 Å².